The lowest BCUT2D eigenvalue weighted by molar-refractivity contribution is -0.145. The number of ether oxygens (including phenoxy) is 2. The number of imidazole rings is 1. The number of hydrogen-bond acceptors (Lipinski definition) is 6. The molecule has 3 aromatic rings. The standard InChI is InChI=1S/C24H23N3O5/c1-2-31-22(28)14-32-16-9-10-19-20(11-16)26(12-15-7-8-15)21(25-19)13-27-23(29)17-5-3-4-6-18(17)24(27)30/h3-6,9-11,15H,2,7-8,12-14H2,1H3. The maximum atomic E-state index is 12.8. The number of carbonyl (C=O) groups is 3. The third-order valence-corrected chi connectivity index (χ3v) is 5.78. The number of aromatic nitrogens is 2. The largest absolute Gasteiger partial charge is 0.482 e. The fraction of sp³-hybridized carbons (Fsp3) is 0.333. The van der Waals surface area contributed by atoms with Crippen LogP contribution in [0, 0.1) is 5.92 Å². The second-order valence-electron chi connectivity index (χ2n) is 8.07. The van der Waals surface area contributed by atoms with Crippen LogP contribution in [0.1, 0.15) is 46.3 Å². The Morgan fingerprint density at radius 3 is 2.47 bits per heavy atom. The van der Waals surface area contributed by atoms with E-state index in [1.165, 1.54) is 4.90 Å². The molecule has 2 aromatic carbocycles. The summed E-state index contributed by atoms with van der Waals surface area (Å²) < 4.78 is 12.6. The number of imide groups is 1. The Morgan fingerprint density at radius 1 is 1.09 bits per heavy atom. The van der Waals surface area contributed by atoms with Crippen LogP contribution in [-0.4, -0.2) is 45.4 Å². The summed E-state index contributed by atoms with van der Waals surface area (Å²) in [5, 5.41) is 0. The minimum Gasteiger partial charge on any atom is -0.482 e. The highest BCUT2D eigenvalue weighted by Crippen LogP contribution is 2.34. The van der Waals surface area contributed by atoms with E-state index in [1.807, 2.05) is 12.1 Å². The van der Waals surface area contributed by atoms with E-state index in [0.29, 0.717) is 35.2 Å². The third kappa shape index (κ3) is 3.72. The molecule has 164 valence electrons. The molecule has 1 aliphatic carbocycles. The summed E-state index contributed by atoms with van der Waals surface area (Å²) in [6.45, 7) is 2.74. The number of benzene rings is 2. The zero-order valence-electron chi connectivity index (χ0n) is 17.7. The van der Waals surface area contributed by atoms with E-state index in [-0.39, 0.29) is 25.0 Å². The minimum atomic E-state index is -0.426. The molecular formula is C24H23N3O5. The summed E-state index contributed by atoms with van der Waals surface area (Å²) in [6, 6.07) is 12.3. The number of hydrogen-bond donors (Lipinski definition) is 0. The summed E-state index contributed by atoms with van der Waals surface area (Å²) in [6.07, 6.45) is 2.29. The van der Waals surface area contributed by atoms with Gasteiger partial charge in [-0.15, -0.1) is 0 Å². The van der Waals surface area contributed by atoms with Crippen molar-refractivity contribution < 1.29 is 23.9 Å². The van der Waals surface area contributed by atoms with Crippen LogP contribution >= 0.6 is 0 Å². The van der Waals surface area contributed by atoms with Crippen molar-refractivity contribution in [1.29, 1.82) is 0 Å². The SMILES string of the molecule is CCOC(=O)COc1ccc2nc(CN3C(=O)c4ccccc4C3=O)n(CC3CC3)c2c1. The molecule has 2 heterocycles. The molecule has 1 saturated carbocycles. The second kappa shape index (κ2) is 8.11. The molecule has 0 saturated heterocycles. The minimum absolute atomic E-state index is 0.104. The van der Waals surface area contributed by atoms with Crippen molar-refractivity contribution in [3.63, 3.8) is 0 Å². The fourth-order valence-electron chi connectivity index (χ4n) is 3.99. The quantitative estimate of drug-likeness (QED) is 0.400. The van der Waals surface area contributed by atoms with E-state index in [4.69, 9.17) is 14.5 Å². The number of fused-ring (bicyclic) bond motifs is 2. The number of carbonyl (C=O) groups excluding carboxylic acids is 3. The van der Waals surface area contributed by atoms with Gasteiger partial charge in [-0.1, -0.05) is 12.1 Å². The Bertz CT molecular complexity index is 1190. The van der Waals surface area contributed by atoms with E-state index in [1.54, 1.807) is 37.3 Å². The van der Waals surface area contributed by atoms with Gasteiger partial charge in [-0.25, -0.2) is 9.78 Å². The number of esters is 1. The highest BCUT2D eigenvalue weighted by molar-refractivity contribution is 6.21. The van der Waals surface area contributed by atoms with Gasteiger partial charge in [-0.05, 0) is 49.9 Å². The first-order valence-corrected chi connectivity index (χ1v) is 10.8. The number of amides is 2. The summed E-state index contributed by atoms with van der Waals surface area (Å²) in [7, 11) is 0. The van der Waals surface area contributed by atoms with Crippen LogP contribution in [0.2, 0.25) is 0 Å². The smallest absolute Gasteiger partial charge is 0.344 e. The van der Waals surface area contributed by atoms with Gasteiger partial charge in [0.15, 0.2) is 6.61 Å². The predicted molar refractivity (Wildman–Crippen MR) is 115 cm³/mol. The molecule has 1 aliphatic heterocycles. The van der Waals surface area contributed by atoms with Crippen LogP contribution in [0.3, 0.4) is 0 Å². The van der Waals surface area contributed by atoms with Crippen molar-refractivity contribution >= 4 is 28.8 Å². The maximum absolute atomic E-state index is 12.8. The average molecular weight is 433 g/mol. The van der Waals surface area contributed by atoms with Crippen LogP contribution in [0.15, 0.2) is 42.5 Å². The molecule has 2 amide bonds. The molecule has 0 atom stereocenters. The van der Waals surface area contributed by atoms with Crippen molar-refractivity contribution in [2.75, 3.05) is 13.2 Å². The Hall–Kier alpha value is -3.68. The van der Waals surface area contributed by atoms with E-state index in [9.17, 15) is 14.4 Å². The van der Waals surface area contributed by atoms with E-state index in [0.717, 1.165) is 30.4 Å². The Morgan fingerprint density at radius 2 is 1.81 bits per heavy atom. The third-order valence-electron chi connectivity index (χ3n) is 5.78. The van der Waals surface area contributed by atoms with Gasteiger partial charge >= 0.3 is 5.97 Å². The van der Waals surface area contributed by atoms with Crippen molar-refractivity contribution in [1.82, 2.24) is 14.5 Å². The Balaban J connectivity index is 1.44. The van der Waals surface area contributed by atoms with Crippen molar-refractivity contribution in [2.45, 2.75) is 32.9 Å². The van der Waals surface area contributed by atoms with Crippen LogP contribution in [-0.2, 0) is 22.6 Å². The Kier molecular flexibility index (Phi) is 5.13. The lowest BCUT2D eigenvalue weighted by atomic mass is 10.1. The molecule has 8 nitrogen and oxygen atoms in total. The van der Waals surface area contributed by atoms with E-state index in [2.05, 4.69) is 4.57 Å². The monoisotopic (exact) mass is 433 g/mol. The van der Waals surface area contributed by atoms with Crippen molar-refractivity contribution in [3.05, 3.63) is 59.4 Å². The predicted octanol–water partition coefficient (Wildman–Crippen LogP) is 3.18. The lowest BCUT2D eigenvalue weighted by Crippen LogP contribution is -2.30. The summed E-state index contributed by atoms with van der Waals surface area (Å²) in [4.78, 5) is 43.3. The summed E-state index contributed by atoms with van der Waals surface area (Å²) in [5.74, 6) is 0.727. The Labute approximate surface area is 184 Å². The summed E-state index contributed by atoms with van der Waals surface area (Å²) in [5.41, 5.74) is 2.46. The van der Waals surface area contributed by atoms with Crippen LogP contribution in [0.5, 0.6) is 5.75 Å². The van der Waals surface area contributed by atoms with Gasteiger partial charge in [0.25, 0.3) is 11.8 Å². The van der Waals surface area contributed by atoms with Gasteiger partial charge in [-0.3, -0.25) is 14.5 Å². The molecule has 1 fully saturated rings. The number of nitrogens with zero attached hydrogens (tertiary/aromatic N) is 3. The molecule has 1 aromatic heterocycles. The maximum Gasteiger partial charge on any atom is 0.344 e. The summed E-state index contributed by atoms with van der Waals surface area (Å²) >= 11 is 0. The van der Waals surface area contributed by atoms with E-state index < -0.39 is 5.97 Å². The van der Waals surface area contributed by atoms with Gasteiger partial charge in [-0.2, -0.15) is 0 Å². The molecule has 0 unspecified atom stereocenters. The van der Waals surface area contributed by atoms with E-state index >= 15 is 0 Å². The molecule has 0 radical (unpaired) electrons. The first kappa shape index (κ1) is 20.2. The van der Waals surface area contributed by atoms with Crippen molar-refractivity contribution in [3.8, 4) is 5.75 Å². The normalized spacial score (nSPS) is 15.3. The molecular weight excluding hydrogens is 410 g/mol. The molecule has 0 N–H and O–H groups in total. The van der Waals surface area contributed by atoms with Crippen molar-refractivity contribution in [2.24, 2.45) is 5.92 Å². The molecule has 2 aliphatic rings. The first-order chi connectivity index (χ1) is 15.5. The van der Waals surface area contributed by atoms with Gasteiger partial charge in [0.1, 0.15) is 11.6 Å². The number of rotatable bonds is 8. The average Bonchev–Trinajstić information content (AvgIpc) is 3.52. The zero-order valence-corrected chi connectivity index (χ0v) is 17.7. The zero-order chi connectivity index (χ0) is 22.2. The van der Waals surface area contributed by atoms with Gasteiger partial charge in [0, 0.05) is 12.6 Å². The van der Waals surface area contributed by atoms with Crippen LogP contribution < -0.4 is 4.74 Å². The lowest BCUT2D eigenvalue weighted by Gasteiger charge is -2.15. The van der Waals surface area contributed by atoms with Gasteiger partial charge in [0.05, 0.1) is 35.3 Å². The van der Waals surface area contributed by atoms with Crippen LogP contribution in [0.4, 0.5) is 0 Å². The molecule has 0 spiro atoms. The molecule has 8 heteroatoms. The second-order valence-corrected chi connectivity index (χ2v) is 8.07. The van der Waals surface area contributed by atoms with Crippen LogP contribution in [0.25, 0.3) is 11.0 Å². The van der Waals surface area contributed by atoms with Gasteiger partial charge in [0.2, 0.25) is 0 Å². The topological polar surface area (TPSA) is 90.7 Å². The molecule has 0 bridgehead atoms. The first-order valence-electron chi connectivity index (χ1n) is 10.8. The highest BCUT2D eigenvalue weighted by atomic mass is 16.6. The molecule has 5 rings (SSSR count). The van der Waals surface area contributed by atoms with Gasteiger partial charge < -0.3 is 14.0 Å². The fourth-order valence-corrected chi connectivity index (χ4v) is 3.99. The molecule has 32 heavy (non-hydrogen) atoms. The highest BCUT2D eigenvalue weighted by Gasteiger charge is 2.36.